The maximum absolute atomic E-state index is 12.5. The fraction of sp³-hybridized carbons (Fsp3) is 0.500. The third-order valence-electron chi connectivity index (χ3n) is 5.87. The molecular formula is C22H26N4O4. The van der Waals surface area contributed by atoms with E-state index in [9.17, 15) is 9.90 Å². The van der Waals surface area contributed by atoms with Crippen molar-refractivity contribution >= 4 is 16.9 Å². The highest BCUT2D eigenvalue weighted by Gasteiger charge is 2.39. The van der Waals surface area contributed by atoms with Crippen molar-refractivity contribution < 1.29 is 19.4 Å². The predicted molar refractivity (Wildman–Crippen MR) is 110 cm³/mol. The van der Waals surface area contributed by atoms with Crippen LogP contribution in [0, 0.1) is 5.92 Å². The summed E-state index contributed by atoms with van der Waals surface area (Å²) in [6, 6.07) is 4.86. The molecule has 2 aliphatic rings. The van der Waals surface area contributed by atoms with Crippen LogP contribution in [0.5, 0.6) is 5.75 Å². The Morgan fingerprint density at radius 3 is 2.93 bits per heavy atom. The van der Waals surface area contributed by atoms with Crippen LogP contribution in [0.15, 0.2) is 30.6 Å². The molecule has 0 bridgehead atoms. The molecule has 1 saturated heterocycles. The lowest BCUT2D eigenvalue weighted by molar-refractivity contribution is -0.148. The van der Waals surface area contributed by atoms with Crippen LogP contribution in [0.3, 0.4) is 0 Å². The van der Waals surface area contributed by atoms with E-state index in [2.05, 4.69) is 5.10 Å². The van der Waals surface area contributed by atoms with Crippen molar-refractivity contribution in [3.8, 4) is 17.0 Å². The summed E-state index contributed by atoms with van der Waals surface area (Å²) < 4.78 is 14.8. The van der Waals surface area contributed by atoms with Gasteiger partial charge >= 0.3 is 5.97 Å². The maximum Gasteiger partial charge on any atom is 0.331 e. The number of rotatable bonds is 6. The number of carbonyl (C=O) groups excluding carboxylic acids is 1. The predicted octanol–water partition coefficient (Wildman–Crippen LogP) is 3.82. The Balaban J connectivity index is 1.55. The fourth-order valence-corrected chi connectivity index (χ4v) is 4.25. The van der Waals surface area contributed by atoms with Gasteiger partial charge in [-0.3, -0.25) is 4.68 Å². The Morgan fingerprint density at radius 2 is 2.20 bits per heavy atom. The number of aromatic hydroxyl groups is 1. The third-order valence-corrected chi connectivity index (χ3v) is 5.87. The highest BCUT2D eigenvalue weighted by Crippen LogP contribution is 2.41. The number of benzene rings is 1. The molecule has 5 rings (SSSR count). The van der Waals surface area contributed by atoms with E-state index < -0.39 is 6.04 Å². The number of phenols is 1. The van der Waals surface area contributed by atoms with Crippen LogP contribution in [0.2, 0.25) is 0 Å². The molecule has 1 N–H and O–H groups in total. The molecule has 0 amide bonds. The molecule has 0 radical (unpaired) electrons. The van der Waals surface area contributed by atoms with Crippen LogP contribution >= 0.6 is 0 Å². The van der Waals surface area contributed by atoms with Gasteiger partial charge in [0.2, 0.25) is 0 Å². The van der Waals surface area contributed by atoms with E-state index in [0.29, 0.717) is 6.61 Å². The highest BCUT2D eigenvalue weighted by atomic mass is 16.5. The van der Waals surface area contributed by atoms with Gasteiger partial charge in [-0.2, -0.15) is 10.2 Å². The minimum atomic E-state index is -0.401. The van der Waals surface area contributed by atoms with Gasteiger partial charge in [0.05, 0.1) is 18.3 Å². The zero-order valence-electron chi connectivity index (χ0n) is 17.0. The van der Waals surface area contributed by atoms with Crippen molar-refractivity contribution in [2.75, 3.05) is 13.2 Å². The lowest BCUT2D eigenvalue weighted by Gasteiger charge is -2.23. The van der Waals surface area contributed by atoms with Crippen molar-refractivity contribution in [3.63, 3.8) is 0 Å². The van der Waals surface area contributed by atoms with Crippen LogP contribution in [0.25, 0.3) is 22.2 Å². The maximum atomic E-state index is 12.5. The van der Waals surface area contributed by atoms with Gasteiger partial charge in [0.25, 0.3) is 0 Å². The SMILES string of the molecule is CCOC(=O)C(C1CC1)n1cc(-c2nn(C3CCCCO3)c3ccc(O)cc23)cn1. The Kier molecular flexibility index (Phi) is 4.94. The number of esters is 1. The minimum Gasteiger partial charge on any atom is -0.508 e. The summed E-state index contributed by atoms with van der Waals surface area (Å²) in [5.74, 6) is 0.215. The first kappa shape index (κ1) is 19.1. The van der Waals surface area contributed by atoms with E-state index in [0.717, 1.165) is 60.9 Å². The average molecular weight is 410 g/mol. The summed E-state index contributed by atoms with van der Waals surface area (Å²) in [7, 11) is 0. The van der Waals surface area contributed by atoms with Crippen molar-refractivity contribution in [3.05, 3.63) is 30.6 Å². The first-order chi connectivity index (χ1) is 14.7. The molecule has 1 aliphatic heterocycles. The molecule has 3 aromatic rings. The van der Waals surface area contributed by atoms with Crippen molar-refractivity contribution in [2.24, 2.45) is 5.92 Å². The number of ether oxygens (including phenoxy) is 2. The van der Waals surface area contributed by atoms with Gasteiger partial charge in [-0.15, -0.1) is 0 Å². The summed E-state index contributed by atoms with van der Waals surface area (Å²) >= 11 is 0. The average Bonchev–Trinajstić information content (AvgIpc) is 3.34. The normalized spacial score (nSPS) is 20.4. The first-order valence-corrected chi connectivity index (χ1v) is 10.7. The molecule has 1 saturated carbocycles. The van der Waals surface area contributed by atoms with Crippen molar-refractivity contribution in [1.29, 1.82) is 0 Å². The number of hydrogen-bond acceptors (Lipinski definition) is 6. The zero-order valence-corrected chi connectivity index (χ0v) is 17.0. The molecule has 1 aromatic carbocycles. The molecule has 8 heteroatoms. The smallest absolute Gasteiger partial charge is 0.331 e. The molecule has 2 unspecified atom stereocenters. The van der Waals surface area contributed by atoms with Gasteiger partial charge in [-0.25, -0.2) is 9.48 Å². The van der Waals surface area contributed by atoms with Gasteiger partial charge in [0, 0.05) is 23.8 Å². The number of aromatic nitrogens is 4. The highest BCUT2D eigenvalue weighted by molar-refractivity contribution is 5.94. The van der Waals surface area contributed by atoms with E-state index in [1.54, 1.807) is 23.0 Å². The molecule has 1 aliphatic carbocycles. The minimum absolute atomic E-state index is 0.117. The summed E-state index contributed by atoms with van der Waals surface area (Å²) in [6.45, 7) is 2.89. The Labute approximate surface area is 174 Å². The van der Waals surface area contributed by atoms with Crippen LogP contribution in [-0.4, -0.2) is 43.9 Å². The number of nitrogens with zero attached hydrogens (tertiary/aromatic N) is 4. The van der Waals surface area contributed by atoms with E-state index >= 15 is 0 Å². The van der Waals surface area contributed by atoms with E-state index in [4.69, 9.17) is 14.6 Å². The van der Waals surface area contributed by atoms with E-state index in [1.165, 1.54) is 0 Å². The molecule has 158 valence electrons. The van der Waals surface area contributed by atoms with Gasteiger partial charge in [0.15, 0.2) is 12.3 Å². The number of phenolic OH excluding ortho intramolecular Hbond substituents is 1. The van der Waals surface area contributed by atoms with E-state index in [1.807, 2.05) is 23.9 Å². The fourth-order valence-electron chi connectivity index (χ4n) is 4.25. The lowest BCUT2D eigenvalue weighted by atomic mass is 10.1. The monoisotopic (exact) mass is 410 g/mol. The van der Waals surface area contributed by atoms with Gasteiger partial charge in [0.1, 0.15) is 11.4 Å². The standard InChI is InChI=1S/C22H26N4O4/c1-2-29-22(28)21(14-6-7-14)25-13-15(12-23-25)20-17-11-16(27)8-9-18(17)26(24-20)19-5-3-4-10-30-19/h8-9,11-14,19,21,27H,2-7,10H2,1H3. The van der Waals surface area contributed by atoms with Gasteiger partial charge in [-0.1, -0.05) is 0 Å². The summed E-state index contributed by atoms with van der Waals surface area (Å²) in [5.41, 5.74) is 2.43. The number of fused-ring (bicyclic) bond motifs is 1. The summed E-state index contributed by atoms with van der Waals surface area (Å²) in [6.07, 6.45) is 8.54. The molecular weight excluding hydrogens is 384 g/mol. The van der Waals surface area contributed by atoms with Crippen LogP contribution in [-0.2, 0) is 14.3 Å². The molecule has 3 heterocycles. The Morgan fingerprint density at radius 1 is 1.33 bits per heavy atom. The first-order valence-electron chi connectivity index (χ1n) is 10.7. The second-order valence-electron chi connectivity index (χ2n) is 8.06. The molecule has 0 spiro atoms. The topological polar surface area (TPSA) is 91.4 Å². The number of carbonyl (C=O) groups is 1. The third kappa shape index (κ3) is 3.45. The van der Waals surface area contributed by atoms with Crippen molar-refractivity contribution in [2.45, 2.75) is 51.3 Å². The van der Waals surface area contributed by atoms with Crippen LogP contribution in [0.4, 0.5) is 0 Å². The van der Waals surface area contributed by atoms with Crippen LogP contribution in [0.1, 0.15) is 51.3 Å². The van der Waals surface area contributed by atoms with Gasteiger partial charge in [-0.05, 0) is 63.1 Å². The van der Waals surface area contributed by atoms with Crippen LogP contribution < -0.4 is 0 Å². The van der Waals surface area contributed by atoms with Crippen molar-refractivity contribution in [1.82, 2.24) is 19.6 Å². The Hall–Kier alpha value is -2.87. The quantitative estimate of drug-likeness (QED) is 0.621. The molecule has 2 aromatic heterocycles. The second-order valence-corrected chi connectivity index (χ2v) is 8.06. The molecule has 2 atom stereocenters. The second kappa shape index (κ2) is 7.75. The summed E-state index contributed by atoms with van der Waals surface area (Å²) in [5, 5.41) is 20.2. The largest absolute Gasteiger partial charge is 0.508 e. The van der Waals surface area contributed by atoms with Gasteiger partial charge < -0.3 is 14.6 Å². The lowest BCUT2D eigenvalue weighted by Crippen LogP contribution is -2.24. The number of hydrogen-bond donors (Lipinski definition) is 1. The van der Waals surface area contributed by atoms with E-state index in [-0.39, 0.29) is 23.9 Å². The summed E-state index contributed by atoms with van der Waals surface area (Å²) in [4.78, 5) is 12.5. The Bertz CT molecular complexity index is 1060. The molecule has 2 fully saturated rings. The molecule has 30 heavy (non-hydrogen) atoms. The molecule has 8 nitrogen and oxygen atoms in total. The zero-order chi connectivity index (χ0) is 20.7.